The Hall–Kier alpha value is -2.29. The lowest BCUT2D eigenvalue weighted by Crippen LogP contribution is -2.47. The second kappa shape index (κ2) is 6.91. The summed E-state index contributed by atoms with van der Waals surface area (Å²) >= 11 is 0. The third-order valence-electron chi connectivity index (χ3n) is 4.11. The standard InChI is InChI=1S/C17H19NO6S/c1-11(19)17(2,23-3)16(20)18-14-10-9-12-7-5-6-8-13(12)15(14)25(21,22)24-4/h5-10H,1-4H3,(H,18,20). The quantitative estimate of drug-likeness (QED) is 0.622. The molecule has 1 amide bonds. The van der Waals surface area contributed by atoms with Crippen molar-refractivity contribution in [1.29, 1.82) is 0 Å². The van der Waals surface area contributed by atoms with Crippen molar-refractivity contribution in [2.24, 2.45) is 0 Å². The van der Waals surface area contributed by atoms with Gasteiger partial charge in [0.25, 0.3) is 16.0 Å². The van der Waals surface area contributed by atoms with Gasteiger partial charge in [0.15, 0.2) is 5.78 Å². The Labute approximate surface area is 146 Å². The first-order valence-electron chi connectivity index (χ1n) is 7.37. The van der Waals surface area contributed by atoms with Gasteiger partial charge in [0.05, 0.1) is 12.8 Å². The highest BCUT2D eigenvalue weighted by molar-refractivity contribution is 7.87. The predicted octanol–water partition coefficient (Wildman–Crippen LogP) is 2.11. The molecule has 2 rings (SSSR count). The summed E-state index contributed by atoms with van der Waals surface area (Å²) in [6.45, 7) is 2.53. The summed E-state index contributed by atoms with van der Waals surface area (Å²) in [7, 11) is -1.84. The van der Waals surface area contributed by atoms with Crippen LogP contribution in [-0.4, -0.2) is 39.9 Å². The van der Waals surface area contributed by atoms with Crippen LogP contribution in [0.4, 0.5) is 5.69 Å². The van der Waals surface area contributed by atoms with E-state index in [2.05, 4.69) is 9.50 Å². The molecule has 0 radical (unpaired) electrons. The molecule has 0 aliphatic heterocycles. The molecule has 8 heteroatoms. The Balaban J connectivity index is 2.65. The third-order valence-corrected chi connectivity index (χ3v) is 5.49. The third kappa shape index (κ3) is 3.41. The van der Waals surface area contributed by atoms with Gasteiger partial charge < -0.3 is 10.1 Å². The maximum atomic E-state index is 12.5. The number of hydrogen-bond acceptors (Lipinski definition) is 6. The van der Waals surface area contributed by atoms with Gasteiger partial charge >= 0.3 is 0 Å². The summed E-state index contributed by atoms with van der Waals surface area (Å²) in [5, 5.41) is 3.53. The van der Waals surface area contributed by atoms with Crippen LogP contribution in [0.2, 0.25) is 0 Å². The molecule has 7 nitrogen and oxygen atoms in total. The molecule has 0 aliphatic rings. The maximum Gasteiger partial charge on any atom is 0.299 e. The molecule has 1 unspecified atom stereocenters. The first kappa shape index (κ1) is 19.0. The molecular weight excluding hydrogens is 346 g/mol. The zero-order valence-corrected chi connectivity index (χ0v) is 15.1. The lowest BCUT2D eigenvalue weighted by atomic mass is 10.0. The Morgan fingerprint density at radius 3 is 2.28 bits per heavy atom. The average Bonchev–Trinajstić information content (AvgIpc) is 2.60. The van der Waals surface area contributed by atoms with E-state index in [1.165, 1.54) is 27.0 Å². The summed E-state index contributed by atoms with van der Waals surface area (Å²) in [6.07, 6.45) is 0. The van der Waals surface area contributed by atoms with Crippen LogP contribution in [-0.2, 0) is 28.6 Å². The number of ether oxygens (including phenoxy) is 1. The van der Waals surface area contributed by atoms with Crippen molar-refractivity contribution in [3.63, 3.8) is 0 Å². The Morgan fingerprint density at radius 2 is 1.72 bits per heavy atom. The molecule has 0 heterocycles. The minimum absolute atomic E-state index is 0.00933. The van der Waals surface area contributed by atoms with Crippen LogP contribution in [0.3, 0.4) is 0 Å². The van der Waals surface area contributed by atoms with Crippen molar-refractivity contribution >= 4 is 38.3 Å². The smallest absolute Gasteiger partial charge is 0.299 e. The SMILES string of the molecule is COC(C)(C(C)=O)C(=O)Nc1ccc2ccccc2c1S(=O)(=O)OC. The first-order valence-corrected chi connectivity index (χ1v) is 8.78. The number of benzene rings is 2. The molecule has 2 aromatic carbocycles. The minimum atomic E-state index is -4.11. The van der Waals surface area contributed by atoms with Crippen LogP contribution in [0, 0.1) is 0 Å². The maximum absolute atomic E-state index is 12.5. The van der Waals surface area contributed by atoms with Crippen LogP contribution in [0.25, 0.3) is 10.8 Å². The monoisotopic (exact) mass is 365 g/mol. The number of anilines is 1. The summed E-state index contributed by atoms with van der Waals surface area (Å²) < 4.78 is 34.5. The summed E-state index contributed by atoms with van der Waals surface area (Å²) in [5.41, 5.74) is -1.73. The number of ketones is 1. The molecule has 0 saturated carbocycles. The van der Waals surface area contributed by atoms with Gasteiger partial charge in [0.2, 0.25) is 5.60 Å². The summed E-state index contributed by atoms with van der Waals surface area (Å²) in [4.78, 5) is 24.1. The van der Waals surface area contributed by atoms with Gasteiger partial charge in [-0.25, -0.2) is 0 Å². The molecule has 0 aromatic heterocycles. The number of fused-ring (bicyclic) bond motifs is 1. The topological polar surface area (TPSA) is 98.8 Å². The van der Waals surface area contributed by atoms with Crippen molar-refractivity contribution in [3.05, 3.63) is 36.4 Å². The van der Waals surface area contributed by atoms with E-state index < -0.39 is 27.4 Å². The number of amides is 1. The van der Waals surface area contributed by atoms with Crippen LogP contribution >= 0.6 is 0 Å². The highest BCUT2D eigenvalue weighted by Crippen LogP contribution is 2.32. The fourth-order valence-electron chi connectivity index (χ4n) is 2.33. The number of Topliss-reactive ketones (excluding diaryl/α,β-unsaturated/α-hetero) is 1. The van der Waals surface area contributed by atoms with E-state index in [-0.39, 0.29) is 10.6 Å². The van der Waals surface area contributed by atoms with E-state index in [1.54, 1.807) is 30.3 Å². The van der Waals surface area contributed by atoms with Crippen molar-refractivity contribution in [2.45, 2.75) is 24.3 Å². The number of carbonyl (C=O) groups is 2. The summed E-state index contributed by atoms with van der Waals surface area (Å²) in [6, 6.07) is 9.90. The van der Waals surface area contributed by atoms with E-state index in [1.807, 2.05) is 0 Å². The number of methoxy groups -OCH3 is 1. The van der Waals surface area contributed by atoms with Gasteiger partial charge in [-0.2, -0.15) is 8.42 Å². The normalized spacial score (nSPS) is 14.1. The van der Waals surface area contributed by atoms with E-state index >= 15 is 0 Å². The lowest BCUT2D eigenvalue weighted by molar-refractivity contribution is -0.149. The molecule has 2 aromatic rings. The van der Waals surface area contributed by atoms with Gasteiger partial charge in [0, 0.05) is 12.5 Å². The van der Waals surface area contributed by atoms with Crippen molar-refractivity contribution in [3.8, 4) is 0 Å². The van der Waals surface area contributed by atoms with E-state index in [0.717, 1.165) is 7.11 Å². The second-order valence-corrected chi connectivity index (χ2v) is 7.18. The number of nitrogens with one attached hydrogen (secondary N) is 1. The number of hydrogen-bond donors (Lipinski definition) is 1. The van der Waals surface area contributed by atoms with Gasteiger partial charge in [-0.1, -0.05) is 30.3 Å². The van der Waals surface area contributed by atoms with Gasteiger partial charge in [0.1, 0.15) is 4.90 Å². The molecule has 25 heavy (non-hydrogen) atoms. The van der Waals surface area contributed by atoms with Crippen molar-refractivity contribution in [1.82, 2.24) is 0 Å². The Bertz CT molecular complexity index is 937. The van der Waals surface area contributed by atoms with Crippen LogP contribution in [0.5, 0.6) is 0 Å². The fraction of sp³-hybridized carbons (Fsp3) is 0.294. The number of rotatable bonds is 6. The van der Waals surface area contributed by atoms with E-state index in [0.29, 0.717) is 10.8 Å². The van der Waals surface area contributed by atoms with Crippen LogP contribution in [0.1, 0.15) is 13.8 Å². The van der Waals surface area contributed by atoms with E-state index in [9.17, 15) is 18.0 Å². The average molecular weight is 365 g/mol. The van der Waals surface area contributed by atoms with Crippen LogP contribution < -0.4 is 5.32 Å². The molecule has 0 spiro atoms. The minimum Gasteiger partial charge on any atom is -0.361 e. The number of carbonyl (C=O) groups excluding carboxylic acids is 2. The molecular formula is C17H19NO6S. The van der Waals surface area contributed by atoms with Crippen LogP contribution in [0.15, 0.2) is 41.3 Å². The molecule has 0 saturated heterocycles. The predicted molar refractivity (Wildman–Crippen MR) is 92.9 cm³/mol. The van der Waals surface area contributed by atoms with E-state index in [4.69, 9.17) is 4.74 Å². The molecule has 134 valence electrons. The lowest BCUT2D eigenvalue weighted by Gasteiger charge is -2.24. The molecule has 0 fully saturated rings. The molecule has 0 bridgehead atoms. The van der Waals surface area contributed by atoms with Crippen molar-refractivity contribution in [2.75, 3.05) is 19.5 Å². The largest absolute Gasteiger partial charge is 0.361 e. The van der Waals surface area contributed by atoms with Gasteiger partial charge in [-0.15, -0.1) is 0 Å². The molecule has 1 N–H and O–H groups in total. The first-order chi connectivity index (χ1) is 11.7. The summed E-state index contributed by atoms with van der Waals surface area (Å²) in [5.74, 6) is -1.28. The Morgan fingerprint density at radius 1 is 1.08 bits per heavy atom. The highest BCUT2D eigenvalue weighted by Gasteiger charge is 2.39. The zero-order chi connectivity index (χ0) is 18.8. The highest BCUT2D eigenvalue weighted by atomic mass is 32.2. The second-order valence-electron chi connectivity index (χ2n) is 5.53. The van der Waals surface area contributed by atoms with Gasteiger partial charge in [-0.3, -0.25) is 13.8 Å². The zero-order valence-electron chi connectivity index (χ0n) is 14.3. The van der Waals surface area contributed by atoms with Gasteiger partial charge in [-0.05, 0) is 25.3 Å². The Kier molecular flexibility index (Phi) is 5.26. The molecule has 1 atom stereocenters. The van der Waals surface area contributed by atoms with Crippen molar-refractivity contribution < 1.29 is 26.9 Å². The molecule has 0 aliphatic carbocycles. The fourth-order valence-corrected chi connectivity index (χ4v) is 3.34.